The zero-order chi connectivity index (χ0) is 18.6. The first-order chi connectivity index (χ1) is 11.7. The number of benzene rings is 2. The molecule has 5 nitrogen and oxygen atoms in total. The molecule has 0 unspecified atom stereocenters. The van der Waals surface area contributed by atoms with Crippen LogP contribution in [-0.4, -0.2) is 26.7 Å². The maximum Gasteiger partial charge on any atom is 0.341 e. The number of nitrogens with one attached hydrogen (secondary N) is 1. The lowest BCUT2D eigenvalue weighted by Gasteiger charge is -2.09. The molecule has 1 N–H and O–H groups in total. The van der Waals surface area contributed by atoms with E-state index in [-0.39, 0.29) is 11.4 Å². The normalized spacial score (nSPS) is 11.4. The first-order valence-electron chi connectivity index (χ1n) is 6.70. The van der Waals surface area contributed by atoms with Crippen LogP contribution in [0.1, 0.15) is 0 Å². The van der Waals surface area contributed by atoms with Crippen molar-refractivity contribution in [3.63, 3.8) is 0 Å². The van der Waals surface area contributed by atoms with Crippen molar-refractivity contribution in [1.82, 2.24) is 0 Å². The van der Waals surface area contributed by atoms with Crippen LogP contribution < -0.4 is 10.1 Å². The highest BCUT2D eigenvalue weighted by atomic mass is 32.2. The molecule has 0 aliphatic carbocycles. The van der Waals surface area contributed by atoms with E-state index in [1.807, 2.05) is 0 Å². The molecule has 0 saturated heterocycles. The highest BCUT2D eigenvalue weighted by molar-refractivity contribution is 7.91. The van der Waals surface area contributed by atoms with E-state index in [2.05, 4.69) is 5.32 Å². The van der Waals surface area contributed by atoms with Crippen molar-refractivity contribution < 1.29 is 35.5 Å². The molecule has 0 saturated carbocycles. The van der Waals surface area contributed by atoms with Gasteiger partial charge in [0.1, 0.15) is 5.82 Å². The number of sulfone groups is 1. The number of anilines is 1. The van der Waals surface area contributed by atoms with E-state index < -0.39 is 44.6 Å². The van der Waals surface area contributed by atoms with Gasteiger partial charge in [0, 0.05) is 11.8 Å². The number of ether oxygens (including phenoxy) is 1. The summed E-state index contributed by atoms with van der Waals surface area (Å²) in [6.07, 6.45) is 0. The summed E-state index contributed by atoms with van der Waals surface area (Å²) < 4.78 is 78.3. The van der Waals surface area contributed by atoms with Crippen molar-refractivity contribution in [2.24, 2.45) is 0 Å². The highest BCUT2D eigenvalue weighted by Gasteiger charge is 2.26. The summed E-state index contributed by atoms with van der Waals surface area (Å²) in [5.41, 5.74) is 0.126. The predicted molar refractivity (Wildman–Crippen MR) is 80.1 cm³/mol. The monoisotopic (exact) mass is 377 g/mol. The van der Waals surface area contributed by atoms with E-state index in [0.29, 0.717) is 6.07 Å². The van der Waals surface area contributed by atoms with Crippen molar-refractivity contribution in [2.75, 3.05) is 11.9 Å². The maximum atomic E-state index is 13.3. The molecule has 25 heavy (non-hydrogen) atoms. The van der Waals surface area contributed by atoms with Crippen molar-refractivity contribution in [2.45, 2.75) is 10.7 Å². The first kappa shape index (κ1) is 18.7. The van der Waals surface area contributed by atoms with Crippen molar-refractivity contribution in [1.29, 1.82) is 0 Å². The average Bonchev–Trinajstić information content (AvgIpc) is 2.54. The Labute approximate surface area is 140 Å². The fourth-order valence-electron chi connectivity index (χ4n) is 1.76. The molecule has 10 heteroatoms. The van der Waals surface area contributed by atoms with Crippen LogP contribution in [-0.2, 0) is 14.6 Å². The molecular weight excluding hydrogens is 366 g/mol. The third-order valence-electron chi connectivity index (χ3n) is 2.95. The molecule has 0 aliphatic heterocycles. The summed E-state index contributed by atoms with van der Waals surface area (Å²) in [7, 11) is -4.72. The van der Waals surface area contributed by atoms with E-state index in [1.54, 1.807) is 0 Å². The average molecular weight is 377 g/mol. The smallest absolute Gasteiger partial charge is 0.341 e. The number of carbonyl (C=O) groups excluding carboxylic acids is 1. The van der Waals surface area contributed by atoms with Crippen LogP contribution in [0, 0.1) is 11.6 Å². The number of carbonyl (C=O) groups is 1. The minimum absolute atomic E-state index is 0.126. The molecule has 0 atom stereocenters. The van der Waals surface area contributed by atoms with Crippen molar-refractivity contribution >= 4 is 21.4 Å². The minimum atomic E-state index is -4.72. The second-order valence-corrected chi connectivity index (χ2v) is 6.66. The van der Waals surface area contributed by atoms with Crippen LogP contribution in [0.25, 0.3) is 0 Å². The molecule has 2 aromatic carbocycles. The Balaban J connectivity index is 1.97. The number of hydrogen-bond acceptors (Lipinski definition) is 4. The standard InChI is InChI=1S/C15H11F4NO4S/c16-9-1-6-13(12(17)7-9)24-8-14(21)20-10-2-4-11(5-3-10)25(22,23)15(18)19/h1-7,15H,8H2,(H,20,21). The maximum absolute atomic E-state index is 13.3. The van der Waals surface area contributed by atoms with Crippen molar-refractivity contribution in [3.8, 4) is 5.75 Å². The second kappa shape index (κ2) is 7.51. The Hall–Kier alpha value is -2.62. The van der Waals surface area contributed by atoms with Gasteiger partial charge in [-0.3, -0.25) is 4.79 Å². The summed E-state index contributed by atoms with van der Waals surface area (Å²) in [5.74, 6) is -6.36. The van der Waals surface area contributed by atoms with E-state index in [9.17, 15) is 30.8 Å². The molecule has 2 rings (SSSR count). The van der Waals surface area contributed by atoms with Gasteiger partial charge >= 0.3 is 5.76 Å². The Morgan fingerprint density at radius 2 is 1.72 bits per heavy atom. The van der Waals surface area contributed by atoms with Gasteiger partial charge in [-0.15, -0.1) is 0 Å². The number of rotatable bonds is 6. The van der Waals surface area contributed by atoms with Crippen LogP contribution >= 0.6 is 0 Å². The molecule has 1 amide bonds. The van der Waals surface area contributed by atoms with Gasteiger partial charge in [0.05, 0.1) is 4.90 Å². The minimum Gasteiger partial charge on any atom is -0.481 e. The number of alkyl halides is 2. The largest absolute Gasteiger partial charge is 0.481 e. The molecule has 134 valence electrons. The summed E-state index contributed by atoms with van der Waals surface area (Å²) in [6, 6.07) is 6.63. The molecule has 0 spiro atoms. The predicted octanol–water partition coefficient (Wildman–Crippen LogP) is 2.98. The summed E-state index contributed by atoms with van der Waals surface area (Å²) in [5, 5.41) is 2.31. The van der Waals surface area contributed by atoms with Gasteiger partial charge in [0.2, 0.25) is 9.84 Å². The summed E-state index contributed by atoms with van der Waals surface area (Å²) in [4.78, 5) is 11.1. The fraction of sp³-hybridized carbons (Fsp3) is 0.133. The number of halogens is 4. The van der Waals surface area contributed by atoms with E-state index in [1.165, 1.54) is 0 Å². The lowest BCUT2D eigenvalue weighted by molar-refractivity contribution is -0.118. The SMILES string of the molecule is O=C(COc1ccc(F)cc1F)Nc1ccc(S(=O)(=O)C(F)F)cc1. The van der Waals surface area contributed by atoms with Crippen LogP contribution in [0.5, 0.6) is 5.75 Å². The summed E-state index contributed by atoms with van der Waals surface area (Å²) >= 11 is 0. The van der Waals surface area contributed by atoms with Crippen LogP contribution in [0.4, 0.5) is 23.2 Å². The highest BCUT2D eigenvalue weighted by Crippen LogP contribution is 2.20. The molecule has 0 fully saturated rings. The van der Waals surface area contributed by atoms with Gasteiger partial charge in [-0.25, -0.2) is 17.2 Å². The van der Waals surface area contributed by atoms with E-state index in [0.717, 1.165) is 36.4 Å². The molecule has 2 aromatic rings. The number of amides is 1. The second-order valence-electron chi connectivity index (χ2n) is 4.74. The van der Waals surface area contributed by atoms with E-state index >= 15 is 0 Å². The van der Waals surface area contributed by atoms with Crippen LogP contribution in [0.3, 0.4) is 0 Å². The fourth-order valence-corrected chi connectivity index (χ4v) is 2.48. The third kappa shape index (κ3) is 4.69. The number of hydrogen-bond donors (Lipinski definition) is 1. The molecule has 0 heterocycles. The van der Waals surface area contributed by atoms with E-state index in [4.69, 9.17) is 4.74 Å². The van der Waals surface area contributed by atoms with Gasteiger partial charge < -0.3 is 10.1 Å². The van der Waals surface area contributed by atoms with Crippen LogP contribution in [0.15, 0.2) is 47.4 Å². The zero-order valence-electron chi connectivity index (χ0n) is 12.4. The first-order valence-corrected chi connectivity index (χ1v) is 8.24. The third-order valence-corrected chi connectivity index (χ3v) is 4.35. The molecule has 0 aromatic heterocycles. The quantitative estimate of drug-likeness (QED) is 0.786. The Kier molecular flexibility index (Phi) is 5.62. The molecule has 0 radical (unpaired) electrons. The Morgan fingerprint density at radius 3 is 2.28 bits per heavy atom. The van der Waals surface area contributed by atoms with Gasteiger partial charge in [-0.1, -0.05) is 0 Å². The Morgan fingerprint density at radius 1 is 1.08 bits per heavy atom. The lowest BCUT2D eigenvalue weighted by Crippen LogP contribution is -2.20. The lowest BCUT2D eigenvalue weighted by atomic mass is 10.3. The van der Waals surface area contributed by atoms with Gasteiger partial charge in [-0.05, 0) is 36.4 Å². The van der Waals surface area contributed by atoms with Gasteiger partial charge in [0.25, 0.3) is 5.91 Å². The molecule has 0 aliphatic rings. The van der Waals surface area contributed by atoms with Gasteiger partial charge in [0.15, 0.2) is 18.2 Å². The summed E-state index contributed by atoms with van der Waals surface area (Å²) in [6.45, 7) is -0.598. The Bertz CT molecular complexity index is 870. The van der Waals surface area contributed by atoms with Gasteiger partial charge in [-0.2, -0.15) is 8.78 Å². The van der Waals surface area contributed by atoms with Crippen molar-refractivity contribution in [3.05, 3.63) is 54.1 Å². The zero-order valence-corrected chi connectivity index (χ0v) is 13.2. The molecular formula is C15H11F4NO4S. The molecule has 0 bridgehead atoms. The topological polar surface area (TPSA) is 72.5 Å². The van der Waals surface area contributed by atoms with Crippen LogP contribution in [0.2, 0.25) is 0 Å².